The molecule has 0 atom stereocenters. The molecule has 6 N–H and O–H groups in total. The third-order valence-corrected chi connectivity index (χ3v) is 11.0. The largest absolute Gasteiger partial charge is 1.00 e. The molecule has 312 valence electrons. The quantitative estimate of drug-likeness (QED) is 0.0287. The number of carbonyl (C=O) groups excluding carboxylic acids is 1. The minimum Gasteiger partial charge on any atom is -0.871 e. The molecule has 0 heterocycles. The molecular formula is C42H29N6NaO12S2. The zero-order valence-corrected chi connectivity index (χ0v) is 36.3. The number of rotatable bonds is 11. The van der Waals surface area contributed by atoms with Gasteiger partial charge in [-0.15, -0.1) is 15.3 Å². The molecule has 0 aliphatic carbocycles. The average molecular weight is 897 g/mol. The fraction of sp³-hybridized carbons (Fsp3) is 0.0238. The van der Waals surface area contributed by atoms with Crippen LogP contribution in [0.15, 0.2) is 157 Å². The Bertz CT molecular complexity index is 3330. The zero-order chi connectivity index (χ0) is 44.5. The number of carboxylic acids is 1. The molecule has 7 rings (SSSR count). The summed E-state index contributed by atoms with van der Waals surface area (Å²) >= 11 is 0. The molecular weight excluding hydrogens is 868 g/mol. The Balaban J connectivity index is 0.00000661. The number of carboxylic acid groups (broad SMARTS) is 1. The fourth-order valence-electron chi connectivity index (χ4n) is 6.24. The maximum Gasteiger partial charge on any atom is 1.00 e. The molecule has 0 fully saturated rings. The summed E-state index contributed by atoms with van der Waals surface area (Å²) < 4.78 is 69.7. The van der Waals surface area contributed by atoms with Crippen LogP contribution in [0.2, 0.25) is 0 Å². The second-order valence-electron chi connectivity index (χ2n) is 13.4. The van der Waals surface area contributed by atoms with Crippen molar-refractivity contribution in [1.82, 2.24) is 0 Å². The molecule has 7 aromatic carbocycles. The molecule has 0 saturated carbocycles. The van der Waals surface area contributed by atoms with Crippen molar-refractivity contribution >= 4 is 93.7 Å². The number of phenols is 1. The molecule has 0 aliphatic heterocycles. The Morgan fingerprint density at radius 2 is 1.24 bits per heavy atom. The predicted molar refractivity (Wildman–Crippen MR) is 225 cm³/mol. The van der Waals surface area contributed by atoms with E-state index in [1.54, 1.807) is 37.3 Å². The van der Waals surface area contributed by atoms with Gasteiger partial charge >= 0.3 is 35.5 Å². The number of aliphatic imine (C=N–C) groups is 1. The number of hydrogen-bond donors (Lipinski definition) is 6. The molecule has 1 amide bonds. The Labute approximate surface area is 379 Å². The van der Waals surface area contributed by atoms with Gasteiger partial charge in [0.25, 0.3) is 26.1 Å². The molecule has 0 aromatic heterocycles. The van der Waals surface area contributed by atoms with Crippen molar-refractivity contribution in [2.75, 3.05) is 5.32 Å². The number of nitrogens with one attached hydrogen (secondary N) is 1. The fourth-order valence-corrected chi connectivity index (χ4v) is 7.56. The van der Waals surface area contributed by atoms with E-state index in [2.05, 4.69) is 30.8 Å². The van der Waals surface area contributed by atoms with E-state index in [1.165, 1.54) is 78.9 Å². The van der Waals surface area contributed by atoms with Gasteiger partial charge in [0.1, 0.15) is 21.2 Å². The van der Waals surface area contributed by atoms with E-state index in [9.17, 15) is 56.0 Å². The van der Waals surface area contributed by atoms with Gasteiger partial charge in [0, 0.05) is 22.2 Å². The number of aromatic carboxylic acids is 1. The number of aryl methyl sites for hydroxylation is 1. The first-order valence-corrected chi connectivity index (χ1v) is 20.7. The molecule has 0 bridgehead atoms. The van der Waals surface area contributed by atoms with Crippen molar-refractivity contribution in [3.05, 3.63) is 144 Å². The van der Waals surface area contributed by atoms with E-state index >= 15 is 0 Å². The number of phenolic OH excluding ortho intramolecular Hbond substituents is 1. The molecule has 18 nitrogen and oxygen atoms in total. The number of aromatic hydroxyl groups is 1. The van der Waals surface area contributed by atoms with Crippen LogP contribution in [-0.2, 0) is 20.2 Å². The number of amides is 1. The number of nitrogens with zero attached hydrogens (tertiary/aromatic N) is 5. The molecule has 0 radical (unpaired) electrons. The van der Waals surface area contributed by atoms with Crippen LogP contribution in [0.25, 0.3) is 21.5 Å². The van der Waals surface area contributed by atoms with E-state index < -0.39 is 70.7 Å². The number of hydrogen-bond acceptors (Lipinski definition) is 13. The first-order chi connectivity index (χ1) is 29.4. The van der Waals surface area contributed by atoms with Crippen LogP contribution in [0.1, 0.15) is 31.8 Å². The standard InChI is InChI=1S/C42H30N6O12S2.Na/c1-22-17-24(41(52)44-28-13-15-30-26(19-28)21-35(62(58,59)60)37(39(30)50)48-46-33-10-6-5-9-31(33)42(53)54)11-16-32(22)45-47-36-34(61(55,56)57)20-25-18-27(12-14-29(25)38(36)49)43-40(51)23-7-3-2-4-8-23;/h2-21,49-50H,1H3,(H,43,51)(H,44,52)(H,53,54)(H,55,56,57)(H,58,59,60);/q;+1/p-1. The molecule has 0 saturated heterocycles. The van der Waals surface area contributed by atoms with Crippen LogP contribution in [-0.4, -0.2) is 59.0 Å². The van der Waals surface area contributed by atoms with E-state index in [1.807, 2.05) is 0 Å². The summed E-state index contributed by atoms with van der Waals surface area (Å²) in [6.07, 6.45) is 0. The van der Waals surface area contributed by atoms with Crippen molar-refractivity contribution in [1.29, 1.82) is 0 Å². The van der Waals surface area contributed by atoms with Gasteiger partial charge in [0.05, 0.1) is 22.6 Å². The second kappa shape index (κ2) is 18.2. The Morgan fingerprint density at radius 3 is 1.90 bits per heavy atom. The SMILES string of the molecule is Cc1cc(C(O)=Nc2ccc3c(O)c(N=Nc4ccccc4C(=O)O)c(S(=O)(=O)O)cc3c2)ccc1N=Nc1c(S(=O)(=O)O)cc2cc(NC(=O)c3ccccc3)ccc2c1[O-].[Na+]. The summed E-state index contributed by atoms with van der Waals surface area (Å²) in [5.74, 6) is -3.87. The summed E-state index contributed by atoms with van der Waals surface area (Å²) in [6, 6.07) is 28.2. The van der Waals surface area contributed by atoms with Gasteiger partial charge in [-0.3, -0.25) is 13.9 Å². The van der Waals surface area contributed by atoms with E-state index in [0.29, 0.717) is 11.1 Å². The number of azo groups is 2. The van der Waals surface area contributed by atoms with Gasteiger partial charge in [-0.05, 0) is 114 Å². The van der Waals surface area contributed by atoms with Crippen molar-refractivity contribution < 1.29 is 85.5 Å². The summed E-state index contributed by atoms with van der Waals surface area (Å²) in [7, 11) is -10.0. The smallest absolute Gasteiger partial charge is 0.871 e. The van der Waals surface area contributed by atoms with Crippen molar-refractivity contribution in [2.24, 2.45) is 25.4 Å². The van der Waals surface area contributed by atoms with Crippen LogP contribution in [0.3, 0.4) is 0 Å². The van der Waals surface area contributed by atoms with Crippen molar-refractivity contribution in [3.63, 3.8) is 0 Å². The maximum absolute atomic E-state index is 13.5. The van der Waals surface area contributed by atoms with Crippen LogP contribution < -0.4 is 40.0 Å². The average Bonchev–Trinajstić information content (AvgIpc) is 3.22. The first kappa shape index (κ1) is 45.6. The summed E-state index contributed by atoms with van der Waals surface area (Å²) in [6.45, 7) is 1.57. The van der Waals surface area contributed by atoms with E-state index in [4.69, 9.17) is 0 Å². The Morgan fingerprint density at radius 1 is 0.635 bits per heavy atom. The minimum absolute atomic E-state index is 0. The number of benzene rings is 7. The van der Waals surface area contributed by atoms with Crippen LogP contribution in [0.5, 0.6) is 11.5 Å². The predicted octanol–water partition coefficient (Wildman–Crippen LogP) is 6.00. The number of aliphatic hydroxyl groups excluding tert-OH is 1. The number of anilines is 1. The summed E-state index contributed by atoms with van der Waals surface area (Å²) in [4.78, 5) is 26.7. The molecule has 21 heteroatoms. The van der Waals surface area contributed by atoms with Gasteiger partial charge in [0.2, 0.25) is 5.90 Å². The maximum atomic E-state index is 13.5. The third-order valence-electron chi connectivity index (χ3n) is 9.26. The minimum atomic E-state index is -5.03. The van der Waals surface area contributed by atoms with Crippen molar-refractivity contribution in [3.8, 4) is 11.5 Å². The van der Waals surface area contributed by atoms with E-state index in [-0.39, 0.29) is 85.0 Å². The van der Waals surface area contributed by atoms with Crippen LogP contribution in [0.4, 0.5) is 34.1 Å². The van der Waals surface area contributed by atoms with Crippen LogP contribution >= 0.6 is 0 Å². The summed E-state index contributed by atoms with van der Waals surface area (Å²) in [5.41, 5.74) is -0.365. The van der Waals surface area contributed by atoms with Gasteiger partial charge in [-0.2, -0.15) is 21.9 Å². The molecule has 0 unspecified atom stereocenters. The van der Waals surface area contributed by atoms with Gasteiger partial charge in [-0.25, -0.2) is 9.79 Å². The summed E-state index contributed by atoms with van der Waals surface area (Å²) in [5, 5.41) is 63.4. The van der Waals surface area contributed by atoms with E-state index in [0.717, 1.165) is 12.1 Å². The van der Waals surface area contributed by atoms with Gasteiger partial charge in [-0.1, -0.05) is 42.1 Å². The Kier molecular flexibility index (Phi) is 13.2. The first-order valence-electron chi connectivity index (χ1n) is 17.8. The van der Waals surface area contributed by atoms with Crippen LogP contribution in [0, 0.1) is 6.92 Å². The molecule has 0 aliphatic rings. The Hall–Kier alpha value is -6.91. The molecule has 63 heavy (non-hydrogen) atoms. The second-order valence-corrected chi connectivity index (χ2v) is 16.2. The monoisotopic (exact) mass is 896 g/mol. The van der Waals surface area contributed by atoms with Gasteiger partial charge in [0.15, 0.2) is 5.75 Å². The topological polar surface area (TPSA) is 300 Å². The normalized spacial score (nSPS) is 12.2. The molecule has 0 spiro atoms. The van der Waals surface area contributed by atoms with Crippen molar-refractivity contribution in [2.45, 2.75) is 16.7 Å². The van der Waals surface area contributed by atoms with Gasteiger partial charge < -0.3 is 25.7 Å². The number of fused-ring (bicyclic) bond motifs is 2. The zero-order valence-electron chi connectivity index (χ0n) is 32.7. The third kappa shape index (κ3) is 9.92. The molecule has 7 aromatic rings. The number of carbonyl (C=O) groups is 2. The number of aliphatic hydroxyl groups is 1.